The van der Waals surface area contributed by atoms with Crippen LogP contribution < -0.4 is 5.73 Å². The van der Waals surface area contributed by atoms with Gasteiger partial charge < -0.3 is 10.3 Å². The molecule has 0 saturated heterocycles. The highest BCUT2D eigenvalue weighted by molar-refractivity contribution is 5.85. The van der Waals surface area contributed by atoms with Gasteiger partial charge in [0.25, 0.3) is 0 Å². The van der Waals surface area contributed by atoms with E-state index in [1.54, 1.807) is 0 Å². The number of benzene rings is 1. The van der Waals surface area contributed by atoms with Crippen LogP contribution in [0.4, 0.5) is 0 Å². The maximum atomic E-state index is 6.17. The highest BCUT2D eigenvalue weighted by Gasteiger charge is 2.11. The van der Waals surface area contributed by atoms with Gasteiger partial charge in [0.15, 0.2) is 0 Å². The largest absolute Gasteiger partial charge is 0.350 e. The van der Waals surface area contributed by atoms with E-state index in [4.69, 9.17) is 5.73 Å². The van der Waals surface area contributed by atoms with E-state index in [0.717, 1.165) is 12.8 Å². The fourth-order valence-corrected chi connectivity index (χ4v) is 2.14. The van der Waals surface area contributed by atoms with Crippen LogP contribution in [0.5, 0.6) is 0 Å². The quantitative estimate of drug-likeness (QED) is 0.873. The summed E-state index contributed by atoms with van der Waals surface area (Å²) in [6, 6.07) is 8.60. The van der Waals surface area contributed by atoms with Crippen molar-refractivity contribution in [2.75, 3.05) is 0 Å². The Balaban J connectivity index is 0.00000128. The highest BCUT2D eigenvalue weighted by Crippen LogP contribution is 2.26. The number of aryl methyl sites for hydroxylation is 1. The molecule has 0 aliphatic rings. The topological polar surface area (TPSA) is 30.9 Å². The van der Waals surface area contributed by atoms with E-state index >= 15 is 0 Å². The Morgan fingerprint density at radius 1 is 1.31 bits per heavy atom. The smallest absolute Gasteiger partial charge is 0.0481 e. The summed E-state index contributed by atoms with van der Waals surface area (Å²) >= 11 is 0. The summed E-state index contributed by atoms with van der Waals surface area (Å²) in [6.07, 6.45) is 4.34. The lowest BCUT2D eigenvalue weighted by Gasteiger charge is -2.08. The van der Waals surface area contributed by atoms with Crippen molar-refractivity contribution in [3.8, 4) is 0 Å². The Hall–Kier alpha value is -0.990. The third kappa shape index (κ3) is 2.23. The molecule has 0 amide bonds. The van der Waals surface area contributed by atoms with Crippen LogP contribution >= 0.6 is 12.4 Å². The summed E-state index contributed by atoms with van der Waals surface area (Å²) in [5.74, 6) is 0. The zero-order valence-corrected chi connectivity index (χ0v) is 10.6. The van der Waals surface area contributed by atoms with Crippen LogP contribution in [-0.2, 0) is 7.05 Å². The molecule has 88 valence electrons. The van der Waals surface area contributed by atoms with E-state index in [2.05, 4.69) is 49.0 Å². The van der Waals surface area contributed by atoms with Crippen molar-refractivity contribution < 1.29 is 0 Å². The first kappa shape index (κ1) is 13.1. The van der Waals surface area contributed by atoms with Gasteiger partial charge in [-0.2, -0.15) is 0 Å². The molecule has 0 aliphatic carbocycles. The molecule has 1 aromatic heterocycles. The first-order chi connectivity index (χ1) is 7.24. The van der Waals surface area contributed by atoms with Crippen LogP contribution in [0.2, 0.25) is 0 Å². The van der Waals surface area contributed by atoms with Crippen molar-refractivity contribution in [1.29, 1.82) is 0 Å². The van der Waals surface area contributed by atoms with E-state index in [-0.39, 0.29) is 18.4 Å². The molecule has 1 atom stereocenters. The second-order valence-electron chi connectivity index (χ2n) is 4.11. The van der Waals surface area contributed by atoms with Crippen molar-refractivity contribution >= 4 is 23.3 Å². The van der Waals surface area contributed by atoms with Gasteiger partial charge in [-0.15, -0.1) is 12.4 Å². The van der Waals surface area contributed by atoms with Gasteiger partial charge >= 0.3 is 0 Å². The molecule has 1 aromatic carbocycles. The molecule has 0 bridgehead atoms. The summed E-state index contributed by atoms with van der Waals surface area (Å²) in [4.78, 5) is 0. The van der Waals surface area contributed by atoms with Gasteiger partial charge in [-0.3, -0.25) is 0 Å². The van der Waals surface area contributed by atoms with Gasteiger partial charge in [-0.25, -0.2) is 0 Å². The molecule has 0 saturated carbocycles. The summed E-state index contributed by atoms with van der Waals surface area (Å²) in [6.45, 7) is 2.17. The van der Waals surface area contributed by atoms with Crippen LogP contribution in [-0.4, -0.2) is 4.57 Å². The number of nitrogens with zero attached hydrogens (tertiary/aromatic N) is 1. The number of halogens is 1. The predicted molar refractivity (Wildman–Crippen MR) is 72.0 cm³/mol. The molecule has 2 rings (SSSR count). The van der Waals surface area contributed by atoms with Crippen LogP contribution in [0.1, 0.15) is 31.4 Å². The van der Waals surface area contributed by atoms with Crippen molar-refractivity contribution in [2.24, 2.45) is 12.8 Å². The number of fused-ring (bicyclic) bond motifs is 1. The van der Waals surface area contributed by atoms with E-state index < -0.39 is 0 Å². The molecule has 2 nitrogen and oxygen atoms in total. The first-order valence-electron chi connectivity index (χ1n) is 5.53. The van der Waals surface area contributed by atoms with Crippen molar-refractivity contribution in [1.82, 2.24) is 4.57 Å². The second-order valence-corrected chi connectivity index (χ2v) is 4.11. The molecule has 0 aliphatic heterocycles. The van der Waals surface area contributed by atoms with E-state index in [1.807, 2.05) is 0 Å². The third-order valence-corrected chi connectivity index (χ3v) is 2.93. The molecule has 0 radical (unpaired) electrons. The highest BCUT2D eigenvalue weighted by atomic mass is 35.5. The number of para-hydroxylation sites is 1. The second kappa shape index (κ2) is 5.37. The Morgan fingerprint density at radius 2 is 2.00 bits per heavy atom. The average Bonchev–Trinajstić information content (AvgIpc) is 2.58. The molecule has 2 N–H and O–H groups in total. The maximum Gasteiger partial charge on any atom is 0.0481 e. The number of hydrogen-bond acceptors (Lipinski definition) is 1. The lowest BCUT2D eigenvalue weighted by Crippen LogP contribution is -2.08. The van der Waals surface area contributed by atoms with Crippen molar-refractivity contribution in [3.05, 3.63) is 36.0 Å². The predicted octanol–water partition coefficient (Wildman–Crippen LogP) is 3.40. The van der Waals surface area contributed by atoms with Gasteiger partial charge in [0.1, 0.15) is 0 Å². The minimum absolute atomic E-state index is 0. The number of nitrogens with two attached hydrogens (primary N) is 1. The molecule has 2 aromatic rings. The molecule has 0 spiro atoms. The fourth-order valence-electron chi connectivity index (χ4n) is 2.14. The summed E-state index contributed by atoms with van der Waals surface area (Å²) in [7, 11) is 2.07. The molecule has 0 fully saturated rings. The Kier molecular flexibility index (Phi) is 4.39. The Bertz CT molecular complexity index is 462. The van der Waals surface area contributed by atoms with Crippen LogP contribution in [0.25, 0.3) is 10.9 Å². The van der Waals surface area contributed by atoms with Crippen LogP contribution in [0, 0.1) is 0 Å². The lowest BCUT2D eigenvalue weighted by molar-refractivity contribution is 0.640. The molecule has 16 heavy (non-hydrogen) atoms. The zero-order valence-electron chi connectivity index (χ0n) is 9.81. The molecule has 3 heteroatoms. The minimum atomic E-state index is 0. The first-order valence-corrected chi connectivity index (χ1v) is 5.53. The van der Waals surface area contributed by atoms with E-state index in [9.17, 15) is 0 Å². The van der Waals surface area contributed by atoms with Crippen LogP contribution in [0.15, 0.2) is 30.5 Å². The number of aromatic nitrogens is 1. The van der Waals surface area contributed by atoms with Gasteiger partial charge in [-0.1, -0.05) is 31.5 Å². The molecule has 1 heterocycles. The van der Waals surface area contributed by atoms with E-state index in [1.165, 1.54) is 16.5 Å². The maximum absolute atomic E-state index is 6.17. The molecular weight excluding hydrogens is 220 g/mol. The standard InChI is InChI=1S/C13H18N2.ClH/c1-3-6-12(14)11-9-15(2)13-8-5-4-7-10(11)13;/h4-5,7-9,12H,3,6,14H2,1-2H3;1H/t12-;/m1./s1. The minimum Gasteiger partial charge on any atom is -0.350 e. The zero-order chi connectivity index (χ0) is 10.8. The van der Waals surface area contributed by atoms with Crippen molar-refractivity contribution in [2.45, 2.75) is 25.8 Å². The molecule has 0 unspecified atom stereocenters. The average molecular weight is 239 g/mol. The lowest BCUT2D eigenvalue weighted by atomic mass is 10.0. The van der Waals surface area contributed by atoms with Gasteiger partial charge in [0.2, 0.25) is 0 Å². The van der Waals surface area contributed by atoms with Gasteiger partial charge in [0.05, 0.1) is 0 Å². The van der Waals surface area contributed by atoms with Gasteiger partial charge in [0, 0.05) is 30.2 Å². The van der Waals surface area contributed by atoms with Gasteiger partial charge in [-0.05, 0) is 18.1 Å². The Morgan fingerprint density at radius 3 is 2.69 bits per heavy atom. The summed E-state index contributed by atoms with van der Waals surface area (Å²) in [5, 5.41) is 1.29. The monoisotopic (exact) mass is 238 g/mol. The van der Waals surface area contributed by atoms with Crippen LogP contribution in [0.3, 0.4) is 0 Å². The number of hydrogen-bond donors (Lipinski definition) is 1. The summed E-state index contributed by atoms with van der Waals surface area (Å²) in [5.41, 5.74) is 8.71. The Labute approximate surface area is 103 Å². The number of rotatable bonds is 3. The van der Waals surface area contributed by atoms with E-state index in [0.29, 0.717) is 0 Å². The third-order valence-electron chi connectivity index (χ3n) is 2.93. The fraction of sp³-hybridized carbons (Fsp3) is 0.385. The SMILES string of the molecule is CCC[C@@H](N)c1cn(C)c2ccccc12.Cl. The summed E-state index contributed by atoms with van der Waals surface area (Å²) < 4.78 is 2.15. The van der Waals surface area contributed by atoms with Crippen molar-refractivity contribution in [3.63, 3.8) is 0 Å². The molecular formula is C13H19ClN2. The normalized spacial score (nSPS) is 12.4.